The number of ether oxygens (including phenoxy) is 1. The van der Waals surface area contributed by atoms with Crippen LogP contribution in [-0.2, 0) is 11.2 Å². The summed E-state index contributed by atoms with van der Waals surface area (Å²) in [5.41, 5.74) is 4.90. The fraction of sp³-hybridized carbons (Fsp3) is 0.727. The molecule has 1 saturated heterocycles. The molecule has 0 saturated carbocycles. The molecule has 0 atom stereocenters. The van der Waals surface area contributed by atoms with E-state index in [9.17, 15) is 4.79 Å². The summed E-state index contributed by atoms with van der Waals surface area (Å²) in [5, 5.41) is 3.52. The monoisotopic (exact) mass is 254 g/mol. The molecule has 2 heterocycles. The highest BCUT2D eigenvalue weighted by Crippen LogP contribution is 2.22. The van der Waals surface area contributed by atoms with Gasteiger partial charge < -0.3 is 19.9 Å². The van der Waals surface area contributed by atoms with E-state index in [4.69, 9.17) is 15.0 Å². The van der Waals surface area contributed by atoms with Crippen molar-refractivity contribution in [2.45, 2.75) is 32.8 Å². The molecule has 2 N–H and O–H groups in total. The smallest absolute Gasteiger partial charge is 0.410 e. The van der Waals surface area contributed by atoms with E-state index in [2.05, 4.69) is 10.1 Å². The van der Waals surface area contributed by atoms with Gasteiger partial charge in [-0.3, -0.25) is 0 Å². The number of rotatable bonds is 2. The highest BCUT2D eigenvalue weighted by molar-refractivity contribution is 5.69. The topological polar surface area (TPSA) is 94.5 Å². The van der Waals surface area contributed by atoms with Gasteiger partial charge in [0.1, 0.15) is 5.60 Å². The van der Waals surface area contributed by atoms with Crippen LogP contribution in [0.15, 0.2) is 4.52 Å². The molecule has 1 fully saturated rings. The summed E-state index contributed by atoms with van der Waals surface area (Å²) in [6.45, 7) is 6.85. The molecule has 1 aliphatic heterocycles. The Labute approximate surface area is 105 Å². The third kappa shape index (κ3) is 3.12. The molecule has 100 valence electrons. The molecule has 1 amide bonds. The Bertz CT molecular complexity index is 432. The second-order valence-electron chi connectivity index (χ2n) is 5.50. The lowest BCUT2D eigenvalue weighted by molar-refractivity contribution is -0.00186. The first-order valence-corrected chi connectivity index (χ1v) is 5.89. The summed E-state index contributed by atoms with van der Waals surface area (Å²) in [6, 6.07) is 0. The maximum absolute atomic E-state index is 11.7. The average Bonchev–Trinajstić information content (AvgIpc) is 2.53. The minimum atomic E-state index is -0.455. The lowest BCUT2D eigenvalue weighted by Gasteiger charge is -2.39. The van der Waals surface area contributed by atoms with Crippen LogP contribution >= 0.6 is 0 Å². The normalized spacial score (nSPS) is 16.5. The zero-order valence-corrected chi connectivity index (χ0v) is 10.8. The molecular formula is C11H18N4O3. The predicted octanol–water partition coefficient (Wildman–Crippen LogP) is 1.06. The van der Waals surface area contributed by atoms with Crippen LogP contribution in [0.25, 0.3) is 0 Å². The molecule has 0 spiro atoms. The largest absolute Gasteiger partial charge is 0.444 e. The minimum Gasteiger partial charge on any atom is -0.444 e. The van der Waals surface area contributed by atoms with Crippen molar-refractivity contribution in [1.29, 1.82) is 0 Å². The molecule has 7 heteroatoms. The van der Waals surface area contributed by atoms with Gasteiger partial charge in [0.25, 0.3) is 5.95 Å². The van der Waals surface area contributed by atoms with E-state index in [1.54, 1.807) is 4.90 Å². The molecule has 0 bridgehead atoms. The lowest BCUT2D eigenvalue weighted by atomic mass is 9.97. The lowest BCUT2D eigenvalue weighted by Crippen LogP contribution is -2.52. The van der Waals surface area contributed by atoms with Crippen LogP contribution in [0, 0.1) is 5.92 Å². The Kier molecular flexibility index (Phi) is 3.14. The highest BCUT2D eigenvalue weighted by Gasteiger charge is 2.34. The van der Waals surface area contributed by atoms with E-state index < -0.39 is 5.60 Å². The Balaban J connectivity index is 1.75. The molecule has 1 aromatic rings. The van der Waals surface area contributed by atoms with E-state index in [0.29, 0.717) is 31.3 Å². The quantitative estimate of drug-likeness (QED) is 0.848. The van der Waals surface area contributed by atoms with Crippen LogP contribution < -0.4 is 5.73 Å². The predicted molar refractivity (Wildman–Crippen MR) is 63.7 cm³/mol. The molecule has 0 aliphatic carbocycles. The van der Waals surface area contributed by atoms with Crippen LogP contribution in [0.5, 0.6) is 0 Å². The SMILES string of the molecule is CC(C)(C)OC(=O)N1CC(Cc2nc(N)no2)C1. The van der Waals surface area contributed by atoms with Gasteiger partial charge in [-0.05, 0) is 25.9 Å². The molecule has 0 radical (unpaired) electrons. The standard InChI is InChI=1S/C11H18N4O3/c1-11(2,3)17-10(16)15-5-7(6-15)4-8-13-9(12)14-18-8/h7H,4-6H2,1-3H3,(H2,12,14). The number of nitrogens with zero attached hydrogens (tertiary/aromatic N) is 3. The number of hydrogen-bond acceptors (Lipinski definition) is 6. The first-order chi connectivity index (χ1) is 8.33. The van der Waals surface area contributed by atoms with Crippen molar-refractivity contribution in [3.63, 3.8) is 0 Å². The third-order valence-corrected chi connectivity index (χ3v) is 2.56. The molecule has 7 nitrogen and oxygen atoms in total. The van der Waals surface area contributed by atoms with Crippen LogP contribution in [0.1, 0.15) is 26.7 Å². The summed E-state index contributed by atoms with van der Waals surface area (Å²) in [6.07, 6.45) is 0.368. The number of hydrogen-bond donors (Lipinski definition) is 1. The van der Waals surface area contributed by atoms with Gasteiger partial charge in [0, 0.05) is 25.4 Å². The summed E-state index contributed by atoms with van der Waals surface area (Å²) in [7, 11) is 0. The van der Waals surface area contributed by atoms with Crippen molar-refractivity contribution < 1.29 is 14.1 Å². The molecule has 0 unspecified atom stereocenters. The number of nitrogens with two attached hydrogens (primary N) is 1. The number of nitrogen functional groups attached to an aromatic ring is 1. The zero-order chi connectivity index (χ0) is 13.3. The van der Waals surface area contributed by atoms with Gasteiger partial charge in [0.2, 0.25) is 5.89 Å². The maximum Gasteiger partial charge on any atom is 0.410 e. The Morgan fingerprint density at radius 2 is 2.22 bits per heavy atom. The van der Waals surface area contributed by atoms with Crippen molar-refractivity contribution in [3.05, 3.63) is 5.89 Å². The van der Waals surface area contributed by atoms with E-state index in [-0.39, 0.29) is 12.0 Å². The molecule has 1 aromatic heterocycles. The molecule has 2 rings (SSSR count). The maximum atomic E-state index is 11.7. The number of amides is 1. The van der Waals surface area contributed by atoms with Gasteiger partial charge in [-0.15, -0.1) is 0 Å². The number of anilines is 1. The summed E-state index contributed by atoms with van der Waals surface area (Å²) in [4.78, 5) is 17.3. The Hall–Kier alpha value is -1.79. The summed E-state index contributed by atoms with van der Waals surface area (Å²) in [5.74, 6) is 0.993. The van der Waals surface area contributed by atoms with Crippen LogP contribution in [-0.4, -0.2) is 39.8 Å². The van der Waals surface area contributed by atoms with Crippen molar-refractivity contribution in [1.82, 2.24) is 15.0 Å². The number of likely N-dealkylation sites (tertiary alicyclic amines) is 1. The van der Waals surface area contributed by atoms with Crippen LogP contribution in [0.3, 0.4) is 0 Å². The van der Waals surface area contributed by atoms with Crippen molar-refractivity contribution in [2.24, 2.45) is 5.92 Å². The van der Waals surface area contributed by atoms with Gasteiger partial charge in [-0.2, -0.15) is 4.98 Å². The summed E-state index contributed by atoms with van der Waals surface area (Å²) >= 11 is 0. The van der Waals surface area contributed by atoms with E-state index in [0.717, 1.165) is 0 Å². The van der Waals surface area contributed by atoms with E-state index in [1.807, 2.05) is 20.8 Å². The van der Waals surface area contributed by atoms with E-state index >= 15 is 0 Å². The Morgan fingerprint density at radius 1 is 1.56 bits per heavy atom. The first-order valence-electron chi connectivity index (χ1n) is 5.89. The highest BCUT2D eigenvalue weighted by atomic mass is 16.6. The second kappa shape index (κ2) is 4.47. The number of aromatic nitrogens is 2. The van der Waals surface area contributed by atoms with E-state index in [1.165, 1.54) is 0 Å². The molecular weight excluding hydrogens is 236 g/mol. The first kappa shape index (κ1) is 12.7. The fourth-order valence-corrected chi connectivity index (χ4v) is 1.77. The van der Waals surface area contributed by atoms with Gasteiger partial charge in [-0.25, -0.2) is 4.79 Å². The third-order valence-electron chi connectivity index (χ3n) is 2.56. The van der Waals surface area contributed by atoms with Crippen molar-refractivity contribution >= 4 is 12.0 Å². The summed E-state index contributed by atoms with van der Waals surface area (Å²) < 4.78 is 10.2. The van der Waals surface area contributed by atoms with Crippen molar-refractivity contribution in [3.8, 4) is 0 Å². The Morgan fingerprint density at radius 3 is 2.72 bits per heavy atom. The van der Waals surface area contributed by atoms with Crippen LogP contribution in [0.4, 0.5) is 10.7 Å². The van der Waals surface area contributed by atoms with Gasteiger partial charge >= 0.3 is 6.09 Å². The minimum absolute atomic E-state index is 0.147. The zero-order valence-electron chi connectivity index (χ0n) is 10.8. The molecule has 0 aromatic carbocycles. The molecule has 18 heavy (non-hydrogen) atoms. The fourth-order valence-electron chi connectivity index (χ4n) is 1.77. The van der Waals surface area contributed by atoms with Gasteiger partial charge in [0.05, 0.1) is 0 Å². The average molecular weight is 254 g/mol. The van der Waals surface area contributed by atoms with Gasteiger partial charge in [0.15, 0.2) is 0 Å². The van der Waals surface area contributed by atoms with Gasteiger partial charge in [-0.1, -0.05) is 0 Å². The second-order valence-corrected chi connectivity index (χ2v) is 5.50. The van der Waals surface area contributed by atoms with Crippen LogP contribution in [0.2, 0.25) is 0 Å². The number of carbonyl (C=O) groups is 1. The number of carbonyl (C=O) groups excluding carboxylic acids is 1. The van der Waals surface area contributed by atoms with Crippen molar-refractivity contribution in [2.75, 3.05) is 18.8 Å². The molecule has 1 aliphatic rings.